The van der Waals surface area contributed by atoms with Crippen molar-refractivity contribution in [2.24, 2.45) is 17.6 Å². The number of hydrogen-bond acceptors (Lipinski definition) is 9. The third-order valence-corrected chi connectivity index (χ3v) is 9.71. The van der Waals surface area contributed by atoms with Gasteiger partial charge in [0, 0.05) is 30.3 Å². The van der Waals surface area contributed by atoms with Gasteiger partial charge in [-0.25, -0.2) is 0 Å². The zero-order valence-corrected chi connectivity index (χ0v) is 26.3. The van der Waals surface area contributed by atoms with E-state index in [-0.39, 0.29) is 29.7 Å². The number of phenolic OH excluding ortho intramolecular Hbond substituents is 1. The molecule has 0 aliphatic heterocycles. The van der Waals surface area contributed by atoms with Crippen LogP contribution >= 0.6 is 0 Å². The number of benzene rings is 2. The van der Waals surface area contributed by atoms with Crippen molar-refractivity contribution >= 4 is 28.9 Å². The molecule has 0 bridgehead atoms. The van der Waals surface area contributed by atoms with E-state index in [4.69, 9.17) is 5.73 Å². The highest BCUT2D eigenvalue weighted by Gasteiger charge is 2.64. The number of likely N-dealkylation sites (N-methyl/N-ethyl adjacent to an activating group) is 1. The van der Waals surface area contributed by atoms with Gasteiger partial charge in [-0.2, -0.15) is 0 Å². The first kappa shape index (κ1) is 32.2. The van der Waals surface area contributed by atoms with Crippen molar-refractivity contribution < 1.29 is 34.8 Å². The lowest BCUT2D eigenvalue weighted by Crippen LogP contribution is -2.65. The SMILES string of the molecule is CCCCN(CCCC)c1ccc(-c2ccc(O)c3c2CC2CC4[C@H](N(C)C)C(=O)C(C(N)=O)=C(O)[C@@]4(O)C(=O)C2=C3O)cc1. The largest absolute Gasteiger partial charge is 0.508 e. The summed E-state index contributed by atoms with van der Waals surface area (Å²) in [7, 11) is 3.16. The minimum atomic E-state index is -2.66. The molecule has 3 aliphatic carbocycles. The summed E-state index contributed by atoms with van der Waals surface area (Å²) in [5.41, 5.74) is 5.26. The van der Waals surface area contributed by atoms with Crippen LogP contribution in [0.2, 0.25) is 0 Å². The highest BCUT2D eigenvalue weighted by atomic mass is 16.3. The quantitative estimate of drug-likeness (QED) is 0.248. The molecular formula is C35H43N3O7. The summed E-state index contributed by atoms with van der Waals surface area (Å²) >= 11 is 0. The van der Waals surface area contributed by atoms with E-state index in [0.29, 0.717) is 5.56 Å². The van der Waals surface area contributed by atoms with Crippen LogP contribution < -0.4 is 10.6 Å². The number of aliphatic hydroxyl groups is 3. The summed E-state index contributed by atoms with van der Waals surface area (Å²) in [5.74, 6) is -6.62. The van der Waals surface area contributed by atoms with Gasteiger partial charge in [-0.15, -0.1) is 0 Å². The van der Waals surface area contributed by atoms with Gasteiger partial charge < -0.3 is 31.1 Å². The van der Waals surface area contributed by atoms with Crippen LogP contribution in [0.25, 0.3) is 16.9 Å². The van der Waals surface area contributed by atoms with E-state index in [2.05, 4.69) is 30.9 Å². The van der Waals surface area contributed by atoms with Crippen molar-refractivity contribution in [2.45, 2.75) is 64.0 Å². The number of nitrogens with zero attached hydrogens (tertiary/aromatic N) is 2. The summed E-state index contributed by atoms with van der Waals surface area (Å²) in [4.78, 5) is 43.5. The molecule has 1 amide bonds. The second-order valence-electron chi connectivity index (χ2n) is 12.7. The number of anilines is 1. The van der Waals surface area contributed by atoms with Crippen molar-refractivity contribution in [3.63, 3.8) is 0 Å². The molecule has 0 saturated heterocycles. The molecule has 45 heavy (non-hydrogen) atoms. The van der Waals surface area contributed by atoms with E-state index in [1.54, 1.807) is 20.2 Å². The Morgan fingerprint density at radius 2 is 1.60 bits per heavy atom. The molecule has 0 spiro atoms. The number of carbonyl (C=O) groups excluding carboxylic acids is 3. The molecule has 4 atom stereocenters. The van der Waals surface area contributed by atoms with Crippen LogP contribution in [-0.4, -0.2) is 81.6 Å². The molecule has 240 valence electrons. The molecule has 0 heterocycles. The Balaban J connectivity index is 1.60. The van der Waals surface area contributed by atoms with Crippen molar-refractivity contribution in [2.75, 3.05) is 32.1 Å². The second kappa shape index (κ2) is 12.3. The van der Waals surface area contributed by atoms with Crippen LogP contribution in [0.15, 0.2) is 53.3 Å². The Morgan fingerprint density at radius 3 is 2.16 bits per heavy atom. The van der Waals surface area contributed by atoms with Crippen molar-refractivity contribution in [3.05, 3.63) is 64.4 Å². The number of ketones is 2. The molecule has 0 aromatic heterocycles. The zero-order chi connectivity index (χ0) is 32.8. The second-order valence-corrected chi connectivity index (χ2v) is 12.7. The molecular weight excluding hydrogens is 574 g/mol. The van der Waals surface area contributed by atoms with E-state index in [1.807, 2.05) is 12.1 Å². The number of nitrogens with two attached hydrogens (primary N) is 1. The molecule has 10 nitrogen and oxygen atoms in total. The van der Waals surface area contributed by atoms with E-state index >= 15 is 0 Å². The third kappa shape index (κ3) is 5.19. The average molecular weight is 618 g/mol. The highest BCUT2D eigenvalue weighted by molar-refractivity contribution is 6.24. The lowest BCUT2D eigenvalue weighted by molar-refractivity contribution is -0.153. The predicted octanol–water partition coefficient (Wildman–Crippen LogP) is 4.04. The number of carbonyl (C=O) groups is 3. The smallest absolute Gasteiger partial charge is 0.255 e. The predicted molar refractivity (Wildman–Crippen MR) is 172 cm³/mol. The van der Waals surface area contributed by atoms with Crippen LogP contribution in [0.3, 0.4) is 0 Å². The number of aliphatic hydroxyl groups excluding tert-OH is 2. The molecule has 6 N–H and O–H groups in total. The van der Waals surface area contributed by atoms with E-state index in [9.17, 15) is 34.8 Å². The van der Waals surface area contributed by atoms with Gasteiger partial charge in [-0.3, -0.25) is 19.3 Å². The first-order chi connectivity index (χ1) is 21.4. The Hall–Kier alpha value is -4.15. The number of phenols is 1. The normalized spacial score (nSPS) is 24.4. The fraction of sp³-hybridized carbons (Fsp3) is 0.457. The molecule has 1 fully saturated rings. The van der Waals surface area contributed by atoms with Crippen LogP contribution in [-0.2, 0) is 20.8 Å². The summed E-state index contributed by atoms with van der Waals surface area (Å²) in [6.45, 7) is 6.29. The zero-order valence-electron chi connectivity index (χ0n) is 26.3. The van der Waals surface area contributed by atoms with Crippen molar-refractivity contribution in [1.82, 2.24) is 4.90 Å². The molecule has 0 radical (unpaired) electrons. The van der Waals surface area contributed by atoms with E-state index < -0.39 is 58.0 Å². The van der Waals surface area contributed by atoms with Gasteiger partial charge in [-0.05, 0) is 80.6 Å². The Bertz CT molecular complexity index is 1580. The molecule has 3 aliphatic rings. The number of aromatic hydroxyl groups is 1. The van der Waals surface area contributed by atoms with E-state index in [0.717, 1.165) is 55.6 Å². The average Bonchev–Trinajstić information content (AvgIpc) is 2.99. The highest BCUT2D eigenvalue weighted by Crippen LogP contribution is 2.53. The maximum Gasteiger partial charge on any atom is 0.255 e. The molecule has 5 rings (SSSR count). The molecule has 1 saturated carbocycles. The Kier molecular flexibility index (Phi) is 8.83. The number of Topliss-reactive ketones (excluding diaryl/α,β-unsaturated/α-hetero) is 2. The van der Waals surface area contributed by atoms with Gasteiger partial charge in [-0.1, -0.05) is 44.9 Å². The maximum absolute atomic E-state index is 14.1. The standard InChI is InChI=1S/C35H43N3O7/c1-5-7-15-38(16-8-6-2)21-11-9-19(10-12-21)22-13-14-25(39)27-23(22)17-20-18-24-29(37(3)4)31(41)28(34(36)44)33(43)35(24,45)32(42)26(20)30(27)40/h9-14,20,24,29,39-40,43,45H,5-8,15-18H2,1-4H3,(H2,36,44)/t20?,24?,29-,35-/m0/s1. The molecule has 10 heteroatoms. The summed E-state index contributed by atoms with van der Waals surface area (Å²) in [6.07, 6.45) is 4.68. The van der Waals surface area contributed by atoms with Gasteiger partial charge in [0.05, 0.1) is 11.6 Å². The van der Waals surface area contributed by atoms with Gasteiger partial charge in [0.2, 0.25) is 5.78 Å². The van der Waals surface area contributed by atoms with Gasteiger partial charge in [0.1, 0.15) is 22.8 Å². The van der Waals surface area contributed by atoms with Crippen LogP contribution in [0.5, 0.6) is 5.75 Å². The minimum absolute atomic E-state index is 0.0453. The van der Waals surface area contributed by atoms with E-state index in [1.165, 1.54) is 11.0 Å². The summed E-state index contributed by atoms with van der Waals surface area (Å²) in [6, 6.07) is 10.3. The van der Waals surface area contributed by atoms with Gasteiger partial charge in [0.25, 0.3) is 5.91 Å². The Labute approximate surface area is 263 Å². The van der Waals surface area contributed by atoms with Crippen molar-refractivity contribution in [3.8, 4) is 16.9 Å². The fourth-order valence-electron chi connectivity index (χ4n) is 7.43. The minimum Gasteiger partial charge on any atom is -0.508 e. The Morgan fingerprint density at radius 1 is 0.978 bits per heavy atom. The number of primary amides is 1. The van der Waals surface area contributed by atoms with Crippen LogP contribution in [0.1, 0.15) is 57.1 Å². The molecule has 2 aromatic carbocycles. The number of unbranched alkanes of at least 4 members (excludes halogenated alkanes) is 2. The topological polar surface area (TPSA) is 165 Å². The van der Waals surface area contributed by atoms with Crippen LogP contribution in [0, 0.1) is 11.8 Å². The van der Waals surface area contributed by atoms with Gasteiger partial charge in [0.15, 0.2) is 11.4 Å². The van der Waals surface area contributed by atoms with Gasteiger partial charge >= 0.3 is 0 Å². The molecule has 2 aromatic rings. The first-order valence-electron chi connectivity index (χ1n) is 15.7. The number of fused-ring (bicyclic) bond motifs is 3. The first-order valence-corrected chi connectivity index (χ1v) is 15.7. The monoisotopic (exact) mass is 617 g/mol. The van der Waals surface area contributed by atoms with Crippen LogP contribution in [0.4, 0.5) is 5.69 Å². The third-order valence-electron chi connectivity index (χ3n) is 9.71. The summed E-state index contributed by atoms with van der Waals surface area (Å²) < 4.78 is 0. The number of rotatable bonds is 10. The summed E-state index contributed by atoms with van der Waals surface area (Å²) in [5, 5.41) is 45.3. The number of amides is 1. The van der Waals surface area contributed by atoms with Crippen molar-refractivity contribution in [1.29, 1.82) is 0 Å². The lowest BCUT2D eigenvalue weighted by Gasteiger charge is -2.50. The number of hydrogen-bond donors (Lipinski definition) is 5. The fourth-order valence-corrected chi connectivity index (χ4v) is 7.43. The molecule has 2 unspecified atom stereocenters. The maximum atomic E-state index is 14.1. The lowest BCUT2D eigenvalue weighted by atomic mass is 9.57.